The van der Waals surface area contributed by atoms with Crippen molar-refractivity contribution in [1.82, 2.24) is 9.78 Å². The molecule has 1 aromatic heterocycles. The molecule has 4 rings (SSSR count). The van der Waals surface area contributed by atoms with Gasteiger partial charge in [-0.25, -0.2) is 0 Å². The van der Waals surface area contributed by atoms with Gasteiger partial charge in [-0.05, 0) is 47.0 Å². The highest BCUT2D eigenvalue weighted by Gasteiger charge is 2.23. The van der Waals surface area contributed by atoms with Crippen LogP contribution in [0.15, 0.2) is 46.9 Å². The predicted molar refractivity (Wildman–Crippen MR) is 114 cm³/mol. The molecular formula is C20H16BrCl2N3O2. The van der Waals surface area contributed by atoms with E-state index < -0.39 is 6.10 Å². The lowest BCUT2D eigenvalue weighted by atomic mass is 10.0. The normalized spacial score (nSPS) is 15.9. The molecule has 0 saturated carbocycles. The van der Waals surface area contributed by atoms with Crippen molar-refractivity contribution in [3.63, 3.8) is 0 Å². The van der Waals surface area contributed by atoms with Crippen LogP contribution in [0.25, 0.3) is 11.1 Å². The second-order valence-corrected chi connectivity index (χ2v) is 8.17. The van der Waals surface area contributed by atoms with Gasteiger partial charge in [0, 0.05) is 22.1 Å². The van der Waals surface area contributed by atoms with Gasteiger partial charge in [0.25, 0.3) is 5.91 Å². The zero-order valence-electron chi connectivity index (χ0n) is 14.6. The number of aliphatic hydroxyl groups is 1. The molecule has 1 amide bonds. The van der Waals surface area contributed by atoms with Gasteiger partial charge in [0.2, 0.25) is 0 Å². The Morgan fingerprint density at radius 3 is 2.64 bits per heavy atom. The van der Waals surface area contributed by atoms with E-state index in [1.165, 1.54) is 0 Å². The van der Waals surface area contributed by atoms with Crippen LogP contribution in [-0.2, 0) is 6.54 Å². The number of carbonyl (C=O) groups excluding carboxylic acids is 1. The van der Waals surface area contributed by atoms with Crippen molar-refractivity contribution in [3.05, 3.63) is 68.4 Å². The minimum atomic E-state index is -0.589. The largest absolute Gasteiger partial charge is 0.387 e. The molecule has 0 radical (unpaired) electrons. The van der Waals surface area contributed by atoms with Gasteiger partial charge < -0.3 is 10.4 Å². The van der Waals surface area contributed by atoms with Crippen LogP contribution in [0.3, 0.4) is 0 Å². The van der Waals surface area contributed by atoms with Crippen molar-refractivity contribution in [3.8, 4) is 11.1 Å². The summed E-state index contributed by atoms with van der Waals surface area (Å²) in [6.45, 7) is 0.692. The highest BCUT2D eigenvalue weighted by Crippen LogP contribution is 2.40. The van der Waals surface area contributed by atoms with E-state index in [2.05, 4.69) is 26.3 Å². The Morgan fingerprint density at radius 2 is 1.89 bits per heavy atom. The number of nitrogens with one attached hydrogen (secondary N) is 1. The molecule has 0 bridgehead atoms. The van der Waals surface area contributed by atoms with Gasteiger partial charge in [0.05, 0.1) is 27.5 Å². The molecule has 2 aromatic carbocycles. The smallest absolute Gasteiger partial charge is 0.276 e. The van der Waals surface area contributed by atoms with Gasteiger partial charge in [-0.3, -0.25) is 9.48 Å². The van der Waals surface area contributed by atoms with E-state index in [-0.39, 0.29) is 11.6 Å². The van der Waals surface area contributed by atoms with E-state index in [9.17, 15) is 9.90 Å². The van der Waals surface area contributed by atoms with E-state index in [0.29, 0.717) is 40.0 Å². The van der Waals surface area contributed by atoms with E-state index in [4.69, 9.17) is 23.2 Å². The maximum absolute atomic E-state index is 12.7. The number of hydrogen-bond acceptors (Lipinski definition) is 3. The molecule has 1 unspecified atom stereocenters. The summed E-state index contributed by atoms with van der Waals surface area (Å²) in [4.78, 5) is 12.7. The lowest BCUT2D eigenvalue weighted by Gasteiger charge is -2.18. The molecule has 3 aromatic rings. The minimum Gasteiger partial charge on any atom is -0.387 e. The predicted octanol–water partition coefficient (Wildman–Crippen LogP) is 5.70. The molecule has 2 heterocycles. The first-order chi connectivity index (χ1) is 13.5. The molecule has 1 atom stereocenters. The van der Waals surface area contributed by atoms with Crippen LogP contribution in [0.5, 0.6) is 0 Å². The monoisotopic (exact) mass is 479 g/mol. The number of aromatic nitrogens is 2. The summed E-state index contributed by atoms with van der Waals surface area (Å²) in [7, 11) is 0. The third-order valence-electron chi connectivity index (χ3n) is 4.72. The van der Waals surface area contributed by atoms with Gasteiger partial charge in [0.1, 0.15) is 0 Å². The summed E-state index contributed by atoms with van der Waals surface area (Å²) in [5.74, 6) is -0.381. The van der Waals surface area contributed by atoms with E-state index in [1.54, 1.807) is 22.9 Å². The van der Waals surface area contributed by atoms with Crippen LogP contribution in [0.1, 0.15) is 35.1 Å². The highest BCUT2D eigenvalue weighted by atomic mass is 79.9. The van der Waals surface area contributed by atoms with Crippen LogP contribution in [-0.4, -0.2) is 20.8 Å². The zero-order valence-corrected chi connectivity index (χ0v) is 17.7. The summed E-state index contributed by atoms with van der Waals surface area (Å²) in [6, 6.07) is 12.6. The molecular weight excluding hydrogens is 465 g/mol. The Morgan fingerprint density at radius 1 is 1.18 bits per heavy atom. The topological polar surface area (TPSA) is 67.2 Å². The summed E-state index contributed by atoms with van der Waals surface area (Å²) >= 11 is 16.4. The van der Waals surface area contributed by atoms with Crippen LogP contribution < -0.4 is 5.32 Å². The third kappa shape index (κ3) is 3.57. The number of benzene rings is 2. The molecule has 0 aliphatic carbocycles. The number of anilines is 1. The van der Waals surface area contributed by atoms with Gasteiger partial charge in [0.15, 0.2) is 5.69 Å². The van der Waals surface area contributed by atoms with E-state index in [1.807, 2.05) is 24.3 Å². The molecule has 28 heavy (non-hydrogen) atoms. The molecule has 0 fully saturated rings. The number of rotatable bonds is 3. The van der Waals surface area contributed by atoms with Crippen LogP contribution >= 0.6 is 39.1 Å². The lowest BCUT2D eigenvalue weighted by Crippen LogP contribution is -2.16. The van der Waals surface area contributed by atoms with Crippen molar-refractivity contribution >= 4 is 50.7 Å². The molecule has 5 nitrogen and oxygen atoms in total. The summed E-state index contributed by atoms with van der Waals surface area (Å²) in [6.07, 6.45) is 0.917. The standard InChI is InChI=1S/C20H16BrCl2N3O2/c21-13-6-1-4-11(18(13)22)12-5-2-7-14(19(12)23)24-20(28)15-10-16-17(27)8-3-9-26(16)25-15/h1-2,4-7,10,17,27H,3,8-9H2,(H,24,28). The van der Waals surface area contributed by atoms with Gasteiger partial charge in [-0.15, -0.1) is 0 Å². The van der Waals surface area contributed by atoms with Crippen molar-refractivity contribution in [1.29, 1.82) is 0 Å². The van der Waals surface area contributed by atoms with Gasteiger partial charge in [-0.1, -0.05) is 47.5 Å². The Bertz CT molecular complexity index is 1070. The maximum atomic E-state index is 12.7. The molecule has 8 heteroatoms. The lowest BCUT2D eigenvalue weighted by molar-refractivity contribution is 0.102. The molecule has 1 aliphatic rings. The van der Waals surface area contributed by atoms with Crippen LogP contribution in [0, 0.1) is 0 Å². The Kier molecular flexibility index (Phi) is 5.47. The molecule has 144 valence electrons. The number of aliphatic hydroxyl groups excluding tert-OH is 1. The van der Waals surface area contributed by atoms with Gasteiger partial charge in [-0.2, -0.15) is 5.10 Å². The first-order valence-corrected chi connectivity index (χ1v) is 10.3. The number of carbonyl (C=O) groups is 1. The van der Waals surface area contributed by atoms with Crippen LogP contribution in [0.4, 0.5) is 5.69 Å². The number of nitrogens with zero attached hydrogens (tertiary/aromatic N) is 2. The molecule has 0 spiro atoms. The number of aryl methyl sites for hydroxylation is 1. The van der Waals surface area contributed by atoms with Crippen LogP contribution in [0.2, 0.25) is 10.0 Å². The summed E-state index contributed by atoms with van der Waals surface area (Å²) in [5.41, 5.74) is 2.85. The first kappa shape index (κ1) is 19.5. The van der Waals surface area contributed by atoms with Crippen molar-refractivity contribution in [2.24, 2.45) is 0 Å². The summed E-state index contributed by atoms with van der Waals surface area (Å²) < 4.78 is 2.45. The fourth-order valence-corrected chi connectivity index (χ4v) is 4.18. The summed E-state index contributed by atoms with van der Waals surface area (Å²) in [5, 5.41) is 18.1. The SMILES string of the molecule is O=C(Nc1cccc(-c2cccc(Br)c2Cl)c1Cl)c1cc2n(n1)CCCC2O. The highest BCUT2D eigenvalue weighted by molar-refractivity contribution is 9.10. The number of hydrogen-bond donors (Lipinski definition) is 2. The number of fused-ring (bicyclic) bond motifs is 1. The molecule has 0 saturated heterocycles. The quantitative estimate of drug-likeness (QED) is 0.505. The zero-order chi connectivity index (χ0) is 19.8. The fraction of sp³-hybridized carbons (Fsp3) is 0.200. The molecule has 2 N–H and O–H groups in total. The first-order valence-electron chi connectivity index (χ1n) is 8.76. The Labute approximate surface area is 180 Å². The Balaban J connectivity index is 1.64. The van der Waals surface area contributed by atoms with Crippen molar-refractivity contribution < 1.29 is 9.90 Å². The fourth-order valence-electron chi connectivity index (χ4n) is 3.31. The maximum Gasteiger partial charge on any atom is 0.276 e. The van der Waals surface area contributed by atoms with Gasteiger partial charge >= 0.3 is 0 Å². The second kappa shape index (κ2) is 7.87. The average Bonchev–Trinajstić information content (AvgIpc) is 3.12. The minimum absolute atomic E-state index is 0.248. The van der Waals surface area contributed by atoms with Crippen molar-refractivity contribution in [2.75, 3.05) is 5.32 Å². The molecule has 1 aliphatic heterocycles. The van der Waals surface area contributed by atoms with Crippen molar-refractivity contribution in [2.45, 2.75) is 25.5 Å². The second-order valence-electron chi connectivity index (χ2n) is 6.56. The van der Waals surface area contributed by atoms with E-state index >= 15 is 0 Å². The Hall–Kier alpha value is -1.86. The number of halogens is 3. The third-order valence-corrected chi connectivity index (χ3v) is 6.42. The van der Waals surface area contributed by atoms with E-state index in [0.717, 1.165) is 16.5 Å². The number of amides is 1. The average molecular weight is 481 g/mol.